The van der Waals surface area contributed by atoms with Crippen LogP contribution in [-0.2, 0) is 14.4 Å². The standard InChI is InChI=1S/C17H9Cl3N2O3/c18-8-5-6-11(20)12(7-8)22-16(23)13-14(21-25-15(13)17(22)24)9-3-1-2-4-10(9)19/h1-7,13,15H/t13-,15-/m1/s1. The van der Waals surface area contributed by atoms with E-state index < -0.39 is 23.8 Å². The predicted octanol–water partition coefficient (Wildman–Crippen LogP) is 3.94. The summed E-state index contributed by atoms with van der Waals surface area (Å²) >= 11 is 18.3. The average molecular weight is 396 g/mol. The predicted molar refractivity (Wildman–Crippen MR) is 95.3 cm³/mol. The molecule has 0 N–H and O–H groups in total. The highest BCUT2D eigenvalue weighted by Crippen LogP contribution is 2.39. The molecule has 1 saturated heterocycles. The first-order valence-electron chi connectivity index (χ1n) is 7.30. The number of rotatable bonds is 2. The molecule has 5 nitrogen and oxygen atoms in total. The molecule has 2 aliphatic heterocycles. The fourth-order valence-electron chi connectivity index (χ4n) is 2.96. The Morgan fingerprint density at radius 1 is 0.960 bits per heavy atom. The second-order valence-electron chi connectivity index (χ2n) is 5.57. The minimum Gasteiger partial charge on any atom is -0.381 e. The number of imide groups is 1. The Morgan fingerprint density at radius 2 is 1.72 bits per heavy atom. The van der Waals surface area contributed by atoms with Gasteiger partial charge in [-0.1, -0.05) is 58.2 Å². The quantitative estimate of drug-likeness (QED) is 0.724. The van der Waals surface area contributed by atoms with Crippen molar-refractivity contribution < 1.29 is 14.4 Å². The molecule has 0 bridgehead atoms. The maximum Gasteiger partial charge on any atom is 0.279 e. The van der Waals surface area contributed by atoms with Crippen LogP contribution in [0.25, 0.3) is 0 Å². The molecule has 2 aliphatic rings. The van der Waals surface area contributed by atoms with E-state index in [0.29, 0.717) is 21.3 Å². The van der Waals surface area contributed by atoms with Gasteiger partial charge in [0.15, 0.2) is 0 Å². The Bertz CT molecular complexity index is 944. The van der Waals surface area contributed by atoms with Crippen LogP contribution >= 0.6 is 34.8 Å². The van der Waals surface area contributed by atoms with Gasteiger partial charge in [-0.05, 0) is 24.3 Å². The molecule has 2 aromatic rings. The molecule has 0 spiro atoms. The second kappa shape index (κ2) is 6.02. The van der Waals surface area contributed by atoms with Crippen LogP contribution in [0.3, 0.4) is 0 Å². The fourth-order valence-corrected chi connectivity index (χ4v) is 3.56. The first-order valence-corrected chi connectivity index (χ1v) is 8.44. The Morgan fingerprint density at radius 3 is 2.48 bits per heavy atom. The van der Waals surface area contributed by atoms with Crippen LogP contribution in [0.4, 0.5) is 5.69 Å². The molecule has 8 heteroatoms. The Balaban J connectivity index is 1.77. The van der Waals surface area contributed by atoms with Crippen LogP contribution in [0.2, 0.25) is 15.1 Å². The summed E-state index contributed by atoms with van der Waals surface area (Å²) in [6.07, 6.45) is -1.03. The van der Waals surface area contributed by atoms with Crippen molar-refractivity contribution in [2.75, 3.05) is 4.90 Å². The maximum absolute atomic E-state index is 13.0. The topological polar surface area (TPSA) is 59.0 Å². The van der Waals surface area contributed by atoms with E-state index in [4.69, 9.17) is 39.6 Å². The molecule has 2 amide bonds. The summed E-state index contributed by atoms with van der Waals surface area (Å²) in [6.45, 7) is 0. The second-order valence-corrected chi connectivity index (χ2v) is 6.82. The fraction of sp³-hybridized carbons (Fsp3) is 0.118. The van der Waals surface area contributed by atoms with Gasteiger partial charge in [-0.3, -0.25) is 9.59 Å². The van der Waals surface area contributed by atoms with Gasteiger partial charge in [0.05, 0.1) is 10.7 Å². The number of halogens is 3. The van der Waals surface area contributed by atoms with E-state index in [1.165, 1.54) is 12.1 Å². The van der Waals surface area contributed by atoms with Crippen molar-refractivity contribution in [1.29, 1.82) is 0 Å². The summed E-state index contributed by atoms with van der Waals surface area (Å²) in [5.41, 5.74) is 1.10. The number of benzene rings is 2. The first kappa shape index (κ1) is 16.4. The van der Waals surface area contributed by atoms with Gasteiger partial charge in [-0.2, -0.15) is 0 Å². The average Bonchev–Trinajstić information content (AvgIpc) is 3.12. The van der Waals surface area contributed by atoms with Crippen molar-refractivity contribution >= 4 is 58.0 Å². The van der Waals surface area contributed by atoms with Crippen molar-refractivity contribution in [1.82, 2.24) is 0 Å². The number of nitrogens with zero attached hydrogens (tertiary/aromatic N) is 2. The summed E-state index contributed by atoms with van der Waals surface area (Å²) < 4.78 is 0. The van der Waals surface area contributed by atoms with Crippen LogP contribution in [0.15, 0.2) is 47.6 Å². The third-order valence-electron chi connectivity index (χ3n) is 4.11. The van der Waals surface area contributed by atoms with Gasteiger partial charge in [0.1, 0.15) is 11.6 Å². The number of carbonyl (C=O) groups is 2. The Hall–Kier alpha value is -2.08. The smallest absolute Gasteiger partial charge is 0.279 e. The van der Waals surface area contributed by atoms with E-state index in [0.717, 1.165) is 4.90 Å². The summed E-state index contributed by atoms with van der Waals surface area (Å²) in [5, 5.41) is 4.94. The zero-order valence-corrected chi connectivity index (χ0v) is 14.7. The van der Waals surface area contributed by atoms with Crippen LogP contribution in [0.1, 0.15) is 5.56 Å². The van der Waals surface area contributed by atoms with Gasteiger partial charge in [0.2, 0.25) is 12.0 Å². The van der Waals surface area contributed by atoms with Gasteiger partial charge in [0, 0.05) is 15.6 Å². The molecule has 2 aromatic carbocycles. The lowest BCUT2D eigenvalue weighted by atomic mass is 9.94. The molecule has 0 saturated carbocycles. The molecule has 0 aromatic heterocycles. The number of carbonyl (C=O) groups excluding carboxylic acids is 2. The molecule has 2 atom stereocenters. The zero-order chi connectivity index (χ0) is 17.7. The molecule has 0 unspecified atom stereocenters. The van der Waals surface area contributed by atoms with Crippen molar-refractivity contribution in [3.63, 3.8) is 0 Å². The monoisotopic (exact) mass is 394 g/mol. The lowest BCUT2D eigenvalue weighted by Crippen LogP contribution is -2.33. The summed E-state index contributed by atoms with van der Waals surface area (Å²) in [4.78, 5) is 31.9. The number of fused-ring (bicyclic) bond motifs is 1. The summed E-state index contributed by atoms with van der Waals surface area (Å²) in [6, 6.07) is 11.5. The summed E-state index contributed by atoms with van der Waals surface area (Å²) in [7, 11) is 0. The largest absolute Gasteiger partial charge is 0.381 e. The zero-order valence-electron chi connectivity index (χ0n) is 12.4. The third kappa shape index (κ3) is 2.51. The lowest BCUT2D eigenvalue weighted by molar-refractivity contribution is -0.126. The van der Waals surface area contributed by atoms with Crippen LogP contribution in [0.5, 0.6) is 0 Å². The molecule has 2 heterocycles. The number of hydrogen-bond donors (Lipinski definition) is 0. The molecule has 0 radical (unpaired) electrons. The van der Waals surface area contributed by atoms with Crippen molar-refractivity contribution in [3.8, 4) is 0 Å². The molecule has 126 valence electrons. The van der Waals surface area contributed by atoms with Crippen molar-refractivity contribution in [2.45, 2.75) is 6.10 Å². The van der Waals surface area contributed by atoms with Gasteiger partial charge in [-0.25, -0.2) is 4.90 Å². The van der Waals surface area contributed by atoms with E-state index in [1.807, 2.05) is 0 Å². The van der Waals surface area contributed by atoms with Crippen LogP contribution < -0.4 is 4.90 Å². The van der Waals surface area contributed by atoms with Crippen molar-refractivity contribution in [2.24, 2.45) is 11.1 Å². The summed E-state index contributed by atoms with van der Waals surface area (Å²) in [5.74, 6) is -1.89. The van der Waals surface area contributed by atoms with Gasteiger partial charge >= 0.3 is 0 Å². The highest BCUT2D eigenvalue weighted by Gasteiger charge is 2.56. The maximum atomic E-state index is 13.0. The molecule has 25 heavy (non-hydrogen) atoms. The highest BCUT2D eigenvalue weighted by atomic mass is 35.5. The van der Waals surface area contributed by atoms with Gasteiger partial charge in [-0.15, -0.1) is 0 Å². The first-order chi connectivity index (χ1) is 12.0. The van der Waals surface area contributed by atoms with E-state index in [-0.39, 0.29) is 10.7 Å². The molecule has 0 aliphatic carbocycles. The molecule has 4 rings (SSSR count). The van der Waals surface area contributed by atoms with E-state index >= 15 is 0 Å². The Kier molecular flexibility index (Phi) is 3.95. The van der Waals surface area contributed by atoms with Crippen molar-refractivity contribution in [3.05, 3.63) is 63.1 Å². The highest BCUT2D eigenvalue weighted by molar-refractivity contribution is 6.41. The molecular formula is C17H9Cl3N2O3. The minimum absolute atomic E-state index is 0.223. The number of anilines is 1. The third-order valence-corrected chi connectivity index (χ3v) is 5.00. The van der Waals surface area contributed by atoms with Crippen LogP contribution in [-0.4, -0.2) is 23.6 Å². The normalized spacial score (nSPS) is 22.0. The van der Waals surface area contributed by atoms with Crippen LogP contribution in [0, 0.1) is 5.92 Å². The molecular weight excluding hydrogens is 387 g/mol. The van der Waals surface area contributed by atoms with Gasteiger partial charge < -0.3 is 4.84 Å². The van der Waals surface area contributed by atoms with E-state index in [2.05, 4.69) is 5.16 Å². The number of amides is 2. The van der Waals surface area contributed by atoms with E-state index in [1.54, 1.807) is 30.3 Å². The van der Waals surface area contributed by atoms with E-state index in [9.17, 15) is 9.59 Å². The number of hydrogen-bond acceptors (Lipinski definition) is 4. The SMILES string of the molecule is O=C1[C@@H]2C(c3ccccc3Cl)=NO[C@H]2C(=O)N1c1cc(Cl)ccc1Cl. The minimum atomic E-state index is -1.03. The van der Waals surface area contributed by atoms with Gasteiger partial charge in [0.25, 0.3) is 5.91 Å². The number of oxime groups is 1. The molecule has 1 fully saturated rings. The Labute approximate surface area is 157 Å². The lowest BCUT2D eigenvalue weighted by Gasteiger charge is -2.17.